The summed E-state index contributed by atoms with van der Waals surface area (Å²) in [6, 6.07) is -4.74. The van der Waals surface area contributed by atoms with Crippen molar-refractivity contribution in [3.63, 3.8) is 0 Å². The van der Waals surface area contributed by atoms with Crippen LogP contribution in [0.5, 0.6) is 0 Å². The Morgan fingerprint density at radius 3 is 2.22 bits per heavy atom. The van der Waals surface area contributed by atoms with Gasteiger partial charge in [0.25, 0.3) is 0 Å². The summed E-state index contributed by atoms with van der Waals surface area (Å²) >= 11 is 0. The number of carbonyl (C=O) groups excluding carboxylic acids is 3. The van der Waals surface area contributed by atoms with Crippen LogP contribution in [-0.2, 0) is 24.0 Å². The van der Waals surface area contributed by atoms with Crippen LogP contribution in [0.4, 0.5) is 0 Å². The molecule has 1 rings (SSSR count). The number of amides is 3. The Hall–Kier alpha value is -2.77. The minimum absolute atomic E-state index is 0.166. The number of nitrogens with one attached hydrogen (secondary N) is 2. The summed E-state index contributed by atoms with van der Waals surface area (Å²) < 4.78 is 0. The first-order valence-electron chi connectivity index (χ1n) is 10.5. The van der Waals surface area contributed by atoms with E-state index in [9.17, 15) is 34.2 Å². The first-order valence-corrected chi connectivity index (χ1v) is 10.5. The van der Waals surface area contributed by atoms with E-state index in [0.717, 1.165) is 4.90 Å². The van der Waals surface area contributed by atoms with Gasteiger partial charge in [0, 0.05) is 13.0 Å². The third kappa shape index (κ3) is 8.40. The molecule has 13 nitrogen and oxygen atoms in total. The quantitative estimate of drug-likeness (QED) is 0.133. The maximum absolute atomic E-state index is 12.7. The Labute approximate surface area is 185 Å². The molecule has 0 aromatic heterocycles. The van der Waals surface area contributed by atoms with Crippen LogP contribution >= 0.6 is 0 Å². The Morgan fingerprint density at radius 1 is 1.00 bits per heavy atom. The zero-order valence-electron chi connectivity index (χ0n) is 17.9. The van der Waals surface area contributed by atoms with Crippen LogP contribution < -0.4 is 22.1 Å². The Balaban J connectivity index is 2.84. The fourth-order valence-corrected chi connectivity index (χ4v) is 3.40. The molecule has 4 unspecified atom stereocenters. The van der Waals surface area contributed by atoms with E-state index in [4.69, 9.17) is 16.6 Å². The minimum atomic E-state index is -1.44. The number of carboxylic acid groups (broad SMARTS) is 2. The highest BCUT2D eigenvalue weighted by molar-refractivity contribution is 5.94. The van der Waals surface area contributed by atoms with Gasteiger partial charge in [0.2, 0.25) is 17.7 Å². The van der Waals surface area contributed by atoms with Gasteiger partial charge in [0.05, 0.1) is 12.6 Å². The van der Waals surface area contributed by atoms with Crippen LogP contribution in [0.25, 0.3) is 0 Å². The van der Waals surface area contributed by atoms with E-state index in [2.05, 4.69) is 10.6 Å². The van der Waals surface area contributed by atoms with E-state index in [1.165, 1.54) is 0 Å². The van der Waals surface area contributed by atoms with Crippen LogP contribution in [0, 0.1) is 0 Å². The van der Waals surface area contributed by atoms with Crippen LogP contribution in [0.3, 0.4) is 0 Å². The molecule has 1 saturated heterocycles. The summed E-state index contributed by atoms with van der Waals surface area (Å²) in [5, 5.41) is 32.5. The van der Waals surface area contributed by atoms with E-state index < -0.39 is 66.9 Å². The van der Waals surface area contributed by atoms with Crippen molar-refractivity contribution in [1.82, 2.24) is 15.5 Å². The molecule has 0 saturated carbocycles. The highest BCUT2D eigenvalue weighted by Crippen LogP contribution is 2.18. The van der Waals surface area contributed by atoms with Gasteiger partial charge in [-0.25, -0.2) is 4.79 Å². The number of hydrogen-bond donors (Lipinski definition) is 7. The van der Waals surface area contributed by atoms with E-state index >= 15 is 0 Å². The highest BCUT2D eigenvalue weighted by atomic mass is 16.4. The highest BCUT2D eigenvalue weighted by Gasteiger charge is 2.38. The predicted molar refractivity (Wildman–Crippen MR) is 111 cm³/mol. The zero-order valence-corrected chi connectivity index (χ0v) is 17.9. The summed E-state index contributed by atoms with van der Waals surface area (Å²) in [5.41, 5.74) is 11.2. The van der Waals surface area contributed by atoms with Gasteiger partial charge in [-0.15, -0.1) is 0 Å². The van der Waals surface area contributed by atoms with Gasteiger partial charge in [-0.1, -0.05) is 6.42 Å². The van der Waals surface area contributed by atoms with Crippen LogP contribution in [0.15, 0.2) is 0 Å². The van der Waals surface area contributed by atoms with E-state index in [-0.39, 0.29) is 19.4 Å². The van der Waals surface area contributed by atoms with Gasteiger partial charge in [0.1, 0.15) is 18.1 Å². The molecule has 0 aliphatic carbocycles. The molecular weight excluding hydrogens is 426 g/mol. The van der Waals surface area contributed by atoms with Gasteiger partial charge in [-0.3, -0.25) is 19.2 Å². The lowest BCUT2D eigenvalue weighted by atomic mass is 10.1. The maximum Gasteiger partial charge on any atom is 0.326 e. The first kappa shape index (κ1) is 27.3. The second-order valence-corrected chi connectivity index (χ2v) is 7.66. The molecule has 1 aliphatic rings. The number of nitrogens with two attached hydrogens (primary N) is 2. The number of carbonyl (C=O) groups is 5. The largest absolute Gasteiger partial charge is 0.481 e. The lowest BCUT2D eigenvalue weighted by Crippen LogP contribution is -2.58. The molecule has 1 heterocycles. The number of aliphatic hydroxyl groups excluding tert-OH is 1. The molecule has 0 bridgehead atoms. The fraction of sp³-hybridized carbons (Fsp3) is 0.737. The van der Waals surface area contributed by atoms with Crippen LogP contribution in [-0.4, -0.2) is 93.7 Å². The van der Waals surface area contributed by atoms with Gasteiger partial charge < -0.3 is 42.3 Å². The van der Waals surface area contributed by atoms with Gasteiger partial charge in [-0.2, -0.15) is 0 Å². The maximum atomic E-state index is 12.7. The standard InChI is InChI=1S/C19H33N5O8/c20-8-2-1-4-11(21)16(28)22-12(6-7-15(26)27)17(29)23-13(10-25)18(30)24-9-3-5-14(24)19(31)32/h11-14,25H,1-10,20-21H2,(H,22,28)(H,23,29)(H,26,27)(H,31,32). The zero-order chi connectivity index (χ0) is 24.3. The average molecular weight is 460 g/mol. The number of hydrogen-bond acceptors (Lipinski definition) is 8. The van der Waals surface area contributed by atoms with Crippen molar-refractivity contribution in [2.75, 3.05) is 19.7 Å². The van der Waals surface area contributed by atoms with Gasteiger partial charge in [-0.05, 0) is 38.6 Å². The molecular formula is C19H33N5O8. The minimum Gasteiger partial charge on any atom is -0.481 e. The second-order valence-electron chi connectivity index (χ2n) is 7.66. The molecule has 1 fully saturated rings. The number of rotatable bonds is 14. The van der Waals surface area contributed by atoms with E-state index in [0.29, 0.717) is 32.2 Å². The predicted octanol–water partition coefficient (Wildman–Crippen LogP) is -2.65. The topological polar surface area (TPSA) is 225 Å². The van der Waals surface area contributed by atoms with Crippen LogP contribution in [0.2, 0.25) is 0 Å². The summed E-state index contributed by atoms with van der Waals surface area (Å²) in [4.78, 5) is 61.0. The van der Waals surface area contributed by atoms with Gasteiger partial charge in [0.15, 0.2) is 0 Å². The Bertz CT molecular complexity index is 689. The normalized spacial score (nSPS) is 18.5. The van der Waals surface area contributed by atoms with Crippen LogP contribution in [0.1, 0.15) is 44.9 Å². The molecule has 4 atom stereocenters. The van der Waals surface area contributed by atoms with Crippen molar-refractivity contribution in [2.45, 2.75) is 69.1 Å². The summed E-state index contributed by atoms with van der Waals surface area (Å²) in [5.74, 6) is -4.70. The van der Waals surface area contributed by atoms with E-state index in [1.54, 1.807) is 0 Å². The SMILES string of the molecule is NCCCCC(N)C(=O)NC(CCC(=O)O)C(=O)NC(CO)C(=O)N1CCCC1C(=O)O. The molecule has 9 N–H and O–H groups in total. The Morgan fingerprint density at radius 2 is 1.66 bits per heavy atom. The van der Waals surface area contributed by atoms with Crippen molar-refractivity contribution in [1.29, 1.82) is 0 Å². The molecule has 0 spiro atoms. The Kier molecular flexibility index (Phi) is 11.6. The fourth-order valence-electron chi connectivity index (χ4n) is 3.40. The number of carboxylic acids is 2. The third-order valence-corrected chi connectivity index (χ3v) is 5.20. The smallest absolute Gasteiger partial charge is 0.326 e. The van der Waals surface area contributed by atoms with Gasteiger partial charge >= 0.3 is 11.9 Å². The molecule has 0 aromatic carbocycles. The summed E-state index contributed by atoms with van der Waals surface area (Å²) in [7, 11) is 0. The van der Waals surface area contributed by atoms with Crippen molar-refractivity contribution in [2.24, 2.45) is 11.5 Å². The first-order chi connectivity index (χ1) is 15.1. The number of likely N-dealkylation sites (tertiary alicyclic amines) is 1. The van der Waals surface area contributed by atoms with Crippen molar-refractivity contribution < 1.29 is 39.3 Å². The molecule has 182 valence electrons. The lowest BCUT2D eigenvalue weighted by molar-refractivity contribution is -0.150. The van der Waals surface area contributed by atoms with Crippen molar-refractivity contribution >= 4 is 29.7 Å². The third-order valence-electron chi connectivity index (χ3n) is 5.20. The summed E-state index contributed by atoms with van der Waals surface area (Å²) in [6.07, 6.45) is 1.60. The molecule has 13 heteroatoms. The number of aliphatic hydroxyl groups is 1. The number of unbranched alkanes of at least 4 members (excludes halogenated alkanes) is 1. The molecule has 0 aromatic rings. The monoisotopic (exact) mass is 459 g/mol. The van der Waals surface area contributed by atoms with E-state index in [1.807, 2.05) is 0 Å². The lowest BCUT2D eigenvalue weighted by Gasteiger charge is -2.28. The number of nitrogens with zero attached hydrogens (tertiary/aromatic N) is 1. The average Bonchev–Trinajstić information content (AvgIpc) is 3.24. The molecule has 0 radical (unpaired) electrons. The summed E-state index contributed by atoms with van der Waals surface area (Å²) in [6.45, 7) is -0.196. The molecule has 1 aliphatic heterocycles. The molecule has 32 heavy (non-hydrogen) atoms. The number of aliphatic carboxylic acids is 2. The molecule has 3 amide bonds. The van der Waals surface area contributed by atoms with Crippen molar-refractivity contribution in [3.05, 3.63) is 0 Å². The van der Waals surface area contributed by atoms with Crippen molar-refractivity contribution in [3.8, 4) is 0 Å². The second kappa shape index (κ2) is 13.6.